The Morgan fingerprint density at radius 1 is 1.11 bits per heavy atom. The monoisotopic (exact) mass is 363 g/mol. The number of carbonyl (C=O) groups is 1. The van der Waals surface area contributed by atoms with Crippen LogP contribution in [0.25, 0.3) is 10.8 Å². The Bertz CT molecular complexity index is 1020. The Morgan fingerprint density at radius 3 is 2.67 bits per heavy atom. The quantitative estimate of drug-likeness (QED) is 0.411. The molecule has 3 aromatic rings. The molecule has 0 aliphatic heterocycles. The summed E-state index contributed by atoms with van der Waals surface area (Å²) in [5, 5.41) is 16.7. The second-order valence-corrected chi connectivity index (χ2v) is 5.86. The number of rotatable bonds is 6. The summed E-state index contributed by atoms with van der Waals surface area (Å²) < 4.78 is 5.66. The van der Waals surface area contributed by atoms with Crippen LogP contribution in [0.4, 0.5) is 5.69 Å². The molecule has 3 aromatic carbocycles. The maximum atomic E-state index is 12.1. The lowest BCUT2D eigenvalue weighted by Gasteiger charge is -2.13. The van der Waals surface area contributed by atoms with Crippen LogP contribution in [0.2, 0.25) is 0 Å². The normalized spacial score (nSPS) is 12.0. The van der Waals surface area contributed by atoms with E-state index in [0.717, 1.165) is 10.8 Å². The lowest BCUT2D eigenvalue weighted by molar-refractivity contribution is -0.384. The first-order valence-corrected chi connectivity index (χ1v) is 8.26. The zero-order chi connectivity index (χ0) is 19.2. The molecule has 1 N–H and O–H groups in total. The van der Waals surface area contributed by atoms with Gasteiger partial charge in [0.1, 0.15) is 5.75 Å². The summed E-state index contributed by atoms with van der Waals surface area (Å²) in [5.74, 6) is 0.156. The predicted octanol–water partition coefficient (Wildman–Crippen LogP) is 3.67. The molecule has 3 rings (SSSR count). The van der Waals surface area contributed by atoms with Gasteiger partial charge < -0.3 is 4.74 Å². The van der Waals surface area contributed by atoms with Gasteiger partial charge in [-0.1, -0.05) is 42.5 Å². The van der Waals surface area contributed by atoms with E-state index in [4.69, 9.17) is 4.74 Å². The number of ether oxygens (including phenoxy) is 1. The van der Waals surface area contributed by atoms with Crippen molar-refractivity contribution in [2.45, 2.75) is 13.0 Å². The summed E-state index contributed by atoms with van der Waals surface area (Å²) in [6.07, 6.45) is 0.585. The Labute approximate surface area is 155 Å². The van der Waals surface area contributed by atoms with Gasteiger partial charge in [-0.3, -0.25) is 14.9 Å². The highest BCUT2D eigenvalue weighted by Gasteiger charge is 2.14. The molecule has 1 amide bonds. The zero-order valence-electron chi connectivity index (χ0n) is 14.5. The molecule has 0 aliphatic rings. The maximum absolute atomic E-state index is 12.1. The van der Waals surface area contributed by atoms with E-state index in [9.17, 15) is 14.9 Å². The molecule has 0 aliphatic carbocycles. The Balaban J connectivity index is 1.60. The smallest absolute Gasteiger partial charge is 0.280 e. The third-order valence-electron chi connectivity index (χ3n) is 3.87. The van der Waals surface area contributed by atoms with E-state index in [-0.39, 0.29) is 5.69 Å². The highest BCUT2D eigenvalue weighted by atomic mass is 16.6. The van der Waals surface area contributed by atoms with Gasteiger partial charge in [0.25, 0.3) is 11.6 Å². The number of nitrogens with zero attached hydrogens (tertiary/aromatic N) is 2. The van der Waals surface area contributed by atoms with Gasteiger partial charge in [0.05, 0.1) is 11.1 Å². The van der Waals surface area contributed by atoms with Crippen LogP contribution in [-0.4, -0.2) is 23.1 Å². The summed E-state index contributed by atoms with van der Waals surface area (Å²) in [7, 11) is 0. The van der Waals surface area contributed by atoms with Crippen LogP contribution in [0.1, 0.15) is 12.5 Å². The van der Waals surface area contributed by atoms with Gasteiger partial charge in [0.2, 0.25) is 0 Å². The Kier molecular flexibility index (Phi) is 5.41. The summed E-state index contributed by atoms with van der Waals surface area (Å²) in [6.45, 7) is 1.62. The lowest BCUT2D eigenvalue weighted by Crippen LogP contribution is -2.33. The van der Waals surface area contributed by atoms with Crippen LogP contribution < -0.4 is 10.2 Å². The first-order valence-electron chi connectivity index (χ1n) is 8.26. The summed E-state index contributed by atoms with van der Waals surface area (Å²) >= 11 is 0. The SMILES string of the molecule is C[C@H](Oc1ccc2ccccc2c1)C(=O)N/N=C\c1cccc([N+](=O)[O-])c1. The minimum atomic E-state index is -0.756. The molecule has 0 bridgehead atoms. The van der Waals surface area contributed by atoms with Gasteiger partial charge in [0.15, 0.2) is 6.10 Å². The summed E-state index contributed by atoms with van der Waals surface area (Å²) in [6, 6.07) is 19.4. The van der Waals surface area contributed by atoms with E-state index < -0.39 is 16.9 Å². The van der Waals surface area contributed by atoms with Gasteiger partial charge >= 0.3 is 0 Å². The average Bonchev–Trinajstić information content (AvgIpc) is 2.68. The fourth-order valence-corrected chi connectivity index (χ4v) is 2.48. The molecular weight excluding hydrogens is 346 g/mol. The van der Waals surface area contributed by atoms with E-state index in [1.54, 1.807) is 25.1 Å². The predicted molar refractivity (Wildman–Crippen MR) is 103 cm³/mol. The lowest BCUT2D eigenvalue weighted by atomic mass is 10.1. The minimum absolute atomic E-state index is 0.0433. The van der Waals surface area contributed by atoms with Crippen LogP contribution in [0, 0.1) is 10.1 Å². The summed E-state index contributed by atoms with van der Waals surface area (Å²) in [4.78, 5) is 22.4. The maximum Gasteiger partial charge on any atom is 0.280 e. The molecule has 0 radical (unpaired) electrons. The van der Waals surface area contributed by atoms with Gasteiger partial charge in [-0.2, -0.15) is 5.10 Å². The number of benzene rings is 3. The second-order valence-electron chi connectivity index (χ2n) is 5.86. The Morgan fingerprint density at radius 2 is 1.89 bits per heavy atom. The molecule has 0 heterocycles. The van der Waals surface area contributed by atoms with E-state index in [1.165, 1.54) is 18.3 Å². The fourth-order valence-electron chi connectivity index (χ4n) is 2.48. The van der Waals surface area contributed by atoms with Crippen LogP contribution in [-0.2, 0) is 4.79 Å². The van der Waals surface area contributed by atoms with Gasteiger partial charge in [-0.15, -0.1) is 0 Å². The fraction of sp³-hybridized carbons (Fsp3) is 0.100. The van der Waals surface area contributed by atoms with Crippen molar-refractivity contribution in [3.63, 3.8) is 0 Å². The van der Waals surface area contributed by atoms with E-state index in [0.29, 0.717) is 11.3 Å². The number of non-ortho nitro benzene ring substituents is 1. The van der Waals surface area contributed by atoms with Crippen LogP contribution >= 0.6 is 0 Å². The van der Waals surface area contributed by atoms with Gasteiger partial charge in [-0.25, -0.2) is 5.43 Å². The molecule has 0 spiro atoms. The zero-order valence-corrected chi connectivity index (χ0v) is 14.5. The molecule has 1 atom stereocenters. The van der Waals surface area contributed by atoms with E-state index in [1.807, 2.05) is 36.4 Å². The third kappa shape index (κ3) is 4.66. The minimum Gasteiger partial charge on any atom is -0.481 e. The number of hydrazone groups is 1. The number of carbonyl (C=O) groups excluding carboxylic acids is 1. The molecule has 7 nitrogen and oxygen atoms in total. The van der Waals surface area contributed by atoms with Crippen LogP contribution in [0.3, 0.4) is 0 Å². The number of nitrogens with one attached hydrogen (secondary N) is 1. The van der Waals surface area contributed by atoms with Crippen molar-refractivity contribution in [2.75, 3.05) is 0 Å². The molecular formula is C20H17N3O4. The number of nitro groups is 1. The molecule has 0 unspecified atom stereocenters. The van der Waals surface area contributed by atoms with Crippen molar-refractivity contribution in [1.82, 2.24) is 5.43 Å². The molecule has 0 saturated heterocycles. The standard InChI is InChI=1S/C20H17N3O4/c1-14(27-19-10-9-16-6-2-3-7-17(16)12-19)20(24)22-21-13-15-5-4-8-18(11-15)23(25)26/h2-14H,1H3,(H,22,24)/b21-13-/t14-/m0/s1. The third-order valence-corrected chi connectivity index (χ3v) is 3.87. The van der Waals surface area contributed by atoms with E-state index in [2.05, 4.69) is 10.5 Å². The first kappa shape index (κ1) is 18.1. The van der Waals surface area contributed by atoms with Crippen molar-refractivity contribution in [3.8, 4) is 5.75 Å². The highest BCUT2D eigenvalue weighted by Crippen LogP contribution is 2.21. The van der Waals surface area contributed by atoms with E-state index >= 15 is 0 Å². The number of hydrogen-bond donors (Lipinski definition) is 1. The number of amides is 1. The largest absolute Gasteiger partial charge is 0.481 e. The van der Waals surface area contributed by atoms with Crippen LogP contribution in [0.15, 0.2) is 71.8 Å². The second kappa shape index (κ2) is 8.09. The van der Waals surface area contributed by atoms with Crippen molar-refractivity contribution < 1.29 is 14.5 Å². The highest BCUT2D eigenvalue weighted by molar-refractivity contribution is 5.86. The van der Waals surface area contributed by atoms with Crippen molar-refractivity contribution in [2.24, 2.45) is 5.10 Å². The molecule has 0 saturated carbocycles. The number of fused-ring (bicyclic) bond motifs is 1. The molecule has 27 heavy (non-hydrogen) atoms. The topological polar surface area (TPSA) is 93.8 Å². The summed E-state index contributed by atoms with van der Waals surface area (Å²) in [5.41, 5.74) is 2.84. The molecule has 0 aromatic heterocycles. The van der Waals surface area contributed by atoms with Crippen molar-refractivity contribution in [3.05, 3.63) is 82.4 Å². The number of hydrogen-bond acceptors (Lipinski definition) is 5. The number of nitro benzene ring substituents is 1. The molecule has 136 valence electrons. The first-order chi connectivity index (χ1) is 13.0. The molecule has 0 fully saturated rings. The van der Waals surface area contributed by atoms with Gasteiger partial charge in [-0.05, 0) is 29.8 Å². The average molecular weight is 363 g/mol. The van der Waals surface area contributed by atoms with Crippen molar-refractivity contribution in [1.29, 1.82) is 0 Å². The van der Waals surface area contributed by atoms with Crippen molar-refractivity contribution >= 4 is 28.6 Å². The van der Waals surface area contributed by atoms with Crippen LogP contribution in [0.5, 0.6) is 5.75 Å². The van der Waals surface area contributed by atoms with Gasteiger partial charge in [0, 0.05) is 17.7 Å². The Hall–Kier alpha value is -3.74. The molecule has 7 heteroatoms.